The Morgan fingerprint density at radius 3 is 2.31 bits per heavy atom. The molecule has 182 valence electrons. The number of rotatable bonds is 15. The Kier molecular flexibility index (Phi) is 13.0. The van der Waals surface area contributed by atoms with Crippen LogP contribution in [0.25, 0.3) is 0 Å². The number of nitrogens with zero attached hydrogens (tertiary/aromatic N) is 2. The smallest absolute Gasteiger partial charge is 0.303 e. The second kappa shape index (κ2) is 14.9. The van der Waals surface area contributed by atoms with Crippen LogP contribution in [0, 0.1) is 5.92 Å². The molecule has 1 unspecified atom stereocenters. The van der Waals surface area contributed by atoms with E-state index in [2.05, 4.69) is 70.0 Å². The van der Waals surface area contributed by atoms with E-state index in [9.17, 15) is 9.90 Å². The van der Waals surface area contributed by atoms with Crippen LogP contribution in [0.4, 0.5) is 11.4 Å². The molecule has 0 saturated carbocycles. The first kappa shape index (κ1) is 28.0. The van der Waals surface area contributed by atoms with E-state index in [1.54, 1.807) is 0 Å². The van der Waals surface area contributed by atoms with Crippen LogP contribution in [-0.2, 0) is 4.79 Å². The zero-order valence-corrected chi connectivity index (χ0v) is 21.6. The molecule has 0 spiro atoms. The van der Waals surface area contributed by atoms with Crippen LogP contribution in [0.5, 0.6) is 0 Å². The minimum Gasteiger partial charge on any atom is -0.481 e. The third kappa shape index (κ3) is 9.22. The molecule has 0 heterocycles. The van der Waals surface area contributed by atoms with Crippen molar-refractivity contribution in [2.75, 3.05) is 23.3 Å². The normalized spacial score (nSPS) is 13.0. The fourth-order valence-electron chi connectivity index (χ4n) is 4.09. The highest BCUT2D eigenvalue weighted by atomic mass is 16.4. The van der Waals surface area contributed by atoms with Gasteiger partial charge in [0.1, 0.15) is 5.84 Å². The van der Waals surface area contributed by atoms with E-state index in [4.69, 9.17) is 4.99 Å². The molecule has 1 rings (SSSR count). The highest BCUT2D eigenvalue weighted by Crippen LogP contribution is 2.34. The van der Waals surface area contributed by atoms with Gasteiger partial charge in [-0.3, -0.25) is 9.79 Å². The van der Waals surface area contributed by atoms with E-state index in [0.29, 0.717) is 12.0 Å². The molecular weight excluding hydrogens is 398 g/mol. The molecule has 1 aromatic rings. The molecule has 0 aliphatic carbocycles. The predicted molar refractivity (Wildman–Crippen MR) is 139 cm³/mol. The van der Waals surface area contributed by atoms with Gasteiger partial charge >= 0.3 is 5.97 Å². The molecule has 1 atom stereocenters. The van der Waals surface area contributed by atoms with Gasteiger partial charge in [-0.15, -0.1) is 0 Å². The Morgan fingerprint density at radius 1 is 1.09 bits per heavy atom. The molecule has 32 heavy (non-hydrogen) atoms. The Bertz CT molecular complexity index is 711. The lowest BCUT2D eigenvalue weighted by atomic mass is 9.96. The summed E-state index contributed by atoms with van der Waals surface area (Å²) in [5.41, 5.74) is 3.30. The molecule has 0 radical (unpaired) electrons. The van der Waals surface area contributed by atoms with Crippen LogP contribution in [0.15, 0.2) is 23.2 Å². The lowest BCUT2D eigenvalue weighted by molar-refractivity contribution is -0.137. The summed E-state index contributed by atoms with van der Waals surface area (Å²) in [6.07, 6.45) is 6.49. The monoisotopic (exact) mass is 445 g/mol. The Hall–Kier alpha value is -2.04. The molecule has 0 aliphatic rings. The van der Waals surface area contributed by atoms with Crippen LogP contribution in [0.3, 0.4) is 0 Å². The number of carboxylic acid groups (broad SMARTS) is 1. The highest BCUT2D eigenvalue weighted by molar-refractivity contribution is 5.98. The minimum atomic E-state index is -0.761. The summed E-state index contributed by atoms with van der Waals surface area (Å²) in [5.74, 6) is 0.776. The van der Waals surface area contributed by atoms with E-state index in [0.717, 1.165) is 68.7 Å². The fraction of sp³-hybridized carbons (Fsp3) is 0.704. The topological polar surface area (TPSA) is 64.9 Å². The first-order valence-electron chi connectivity index (χ1n) is 12.7. The maximum absolute atomic E-state index is 11.3. The van der Waals surface area contributed by atoms with Gasteiger partial charge in [0.2, 0.25) is 0 Å². The van der Waals surface area contributed by atoms with Crippen LogP contribution in [-0.4, -0.2) is 36.0 Å². The third-order valence-corrected chi connectivity index (χ3v) is 5.90. The first-order valence-corrected chi connectivity index (χ1v) is 12.7. The number of hydrogen-bond donors (Lipinski definition) is 2. The third-order valence-electron chi connectivity index (χ3n) is 5.90. The number of nitrogens with one attached hydrogen (secondary N) is 1. The first-order chi connectivity index (χ1) is 15.3. The Balaban J connectivity index is 3.50. The summed E-state index contributed by atoms with van der Waals surface area (Å²) in [7, 11) is 0. The van der Waals surface area contributed by atoms with Crippen molar-refractivity contribution in [2.24, 2.45) is 10.9 Å². The summed E-state index contributed by atoms with van der Waals surface area (Å²) in [6.45, 7) is 17.2. The van der Waals surface area contributed by atoms with Crippen molar-refractivity contribution >= 4 is 23.2 Å². The molecule has 0 bridgehead atoms. The minimum absolute atomic E-state index is 0.0412. The number of amidine groups is 1. The van der Waals surface area contributed by atoms with Crippen molar-refractivity contribution in [3.8, 4) is 0 Å². The maximum atomic E-state index is 11.3. The average molecular weight is 446 g/mol. The van der Waals surface area contributed by atoms with Crippen molar-refractivity contribution < 1.29 is 9.90 Å². The molecule has 0 aliphatic heterocycles. The number of aliphatic carboxylic acids is 1. The largest absolute Gasteiger partial charge is 0.481 e. The highest BCUT2D eigenvalue weighted by Gasteiger charge is 2.22. The Labute approximate surface area is 196 Å². The molecule has 5 heteroatoms. The van der Waals surface area contributed by atoms with Crippen LogP contribution in [0.1, 0.15) is 105 Å². The molecule has 2 N–H and O–H groups in total. The van der Waals surface area contributed by atoms with Crippen LogP contribution >= 0.6 is 0 Å². The quantitative estimate of drug-likeness (QED) is 0.219. The van der Waals surface area contributed by atoms with Gasteiger partial charge in [-0.1, -0.05) is 61.0 Å². The SMILES string of the molecule is CCCCC(=NCCC)Nc1cc(C(C)CC(=O)O)ccc1N(CC(C)C)C(CC)CC. The standard InChI is InChI=1S/C27H47N3O2/c1-8-12-13-26(28-16-9-2)29-24-18-22(21(7)17-27(31)32)14-15-25(24)30(19-20(5)6)23(10-3)11-4/h14-15,18,20-21,23H,8-13,16-17,19H2,1-7H3,(H,28,29)(H,31,32). The fourth-order valence-corrected chi connectivity index (χ4v) is 4.09. The summed E-state index contributed by atoms with van der Waals surface area (Å²) in [5, 5.41) is 13.0. The van der Waals surface area contributed by atoms with Gasteiger partial charge in [0, 0.05) is 25.6 Å². The molecule has 0 saturated heterocycles. The summed E-state index contributed by atoms with van der Waals surface area (Å²) >= 11 is 0. The number of carboxylic acids is 1. The van der Waals surface area contributed by atoms with Gasteiger partial charge in [0.05, 0.1) is 17.8 Å². The van der Waals surface area contributed by atoms with Crippen molar-refractivity contribution in [3.63, 3.8) is 0 Å². The molecule has 0 aromatic heterocycles. The molecular formula is C27H47N3O2. The second-order valence-electron chi connectivity index (χ2n) is 9.35. The van der Waals surface area contributed by atoms with Gasteiger partial charge in [-0.2, -0.15) is 0 Å². The van der Waals surface area contributed by atoms with Crippen molar-refractivity contribution in [3.05, 3.63) is 23.8 Å². The van der Waals surface area contributed by atoms with Crippen molar-refractivity contribution in [2.45, 2.75) is 105 Å². The average Bonchev–Trinajstić information content (AvgIpc) is 2.75. The van der Waals surface area contributed by atoms with Crippen LogP contribution in [0.2, 0.25) is 0 Å². The zero-order valence-electron chi connectivity index (χ0n) is 21.6. The van der Waals surface area contributed by atoms with E-state index >= 15 is 0 Å². The van der Waals surface area contributed by atoms with Gasteiger partial charge in [0.15, 0.2) is 0 Å². The van der Waals surface area contributed by atoms with Crippen molar-refractivity contribution in [1.29, 1.82) is 0 Å². The molecule has 0 amide bonds. The van der Waals surface area contributed by atoms with Crippen LogP contribution < -0.4 is 10.2 Å². The van der Waals surface area contributed by atoms with E-state index in [-0.39, 0.29) is 12.3 Å². The van der Waals surface area contributed by atoms with Gasteiger partial charge in [0.25, 0.3) is 0 Å². The lowest BCUT2D eigenvalue weighted by Gasteiger charge is -2.36. The summed E-state index contributed by atoms with van der Waals surface area (Å²) in [4.78, 5) is 18.7. The number of hydrogen-bond acceptors (Lipinski definition) is 3. The molecule has 5 nitrogen and oxygen atoms in total. The molecule has 1 aromatic carbocycles. The summed E-state index contributed by atoms with van der Waals surface area (Å²) < 4.78 is 0. The Morgan fingerprint density at radius 2 is 1.78 bits per heavy atom. The van der Waals surface area contributed by atoms with Gasteiger partial charge in [-0.05, 0) is 55.2 Å². The predicted octanol–water partition coefficient (Wildman–Crippen LogP) is 7.33. The van der Waals surface area contributed by atoms with Gasteiger partial charge in [-0.25, -0.2) is 0 Å². The second-order valence-corrected chi connectivity index (χ2v) is 9.35. The number of anilines is 2. The number of unbranched alkanes of at least 4 members (excludes halogenated alkanes) is 1. The van der Waals surface area contributed by atoms with E-state index in [1.807, 2.05) is 6.92 Å². The van der Waals surface area contributed by atoms with Crippen molar-refractivity contribution in [1.82, 2.24) is 0 Å². The zero-order chi connectivity index (χ0) is 24.1. The van der Waals surface area contributed by atoms with E-state index < -0.39 is 5.97 Å². The number of aliphatic imine (C=N–C) groups is 1. The number of benzene rings is 1. The maximum Gasteiger partial charge on any atom is 0.303 e. The molecule has 0 fully saturated rings. The summed E-state index contributed by atoms with van der Waals surface area (Å²) in [6, 6.07) is 6.92. The number of carbonyl (C=O) groups is 1. The van der Waals surface area contributed by atoms with E-state index in [1.165, 1.54) is 5.69 Å². The lowest BCUT2D eigenvalue weighted by Crippen LogP contribution is -2.38. The van der Waals surface area contributed by atoms with Gasteiger partial charge < -0.3 is 15.3 Å².